The van der Waals surface area contributed by atoms with Gasteiger partial charge in [0.2, 0.25) is 11.8 Å². The molecule has 45 heavy (non-hydrogen) atoms. The number of hydrogen-bond donors (Lipinski definition) is 3. The maximum Gasteiger partial charge on any atom is 0.321 e. The summed E-state index contributed by atoms with van der Waals surface area (Å²) < 4.78 is 18.2. The molecule has 4 amide bonds. The fraction of sp³-hybridized carbons (Fsp3) is 0.647. The van der Waals surface area contributed by atoms with E-state index in [1.165, 1.54) is 17.3 Å². The van der Waals surface area contributed by atoms with Crippen LogP contribution in [0.4, 0.5) is 10.5 Å². The lowest BCUT2D eigenvalue weighted by Gasteiger charge is -2.43. The highest BCUT2D eigenvalue weighted by atomic mass is 32.2. The molecule has 2 aliphatic heterocycles. The first-order chi connectivity index (χ1) is 21.2. The van der Waals surface area contributed by atoms with Gasteiger partial charge in [0.1, 0.15) is 11.4 Å². The molecule has 1 aromatic carbocycles. The summed E-state index contributed by atoms with van der Waals surface area (Å²) in [6, 6.07) is 6.30. The molecule has 0 aromatic heterocycles. The van der Waals surface area contributed by atoms with E-state index in [9.17, 15) is 19.2 Å². The van der Waals surface area contributed by atoms with Crippen LogP contribution in [-0.2, 0) is 28.6 Å². The lowest BCUT2D eigenvalue weighted by Crippen LogP contribution is -2.60. The van der Waals surface area contributed by atoms with Crippen molar-refractivity contribution in [3.8, 4) is 0 Å². The van der Waals surface area contributed by atoms with Gasteiger partial charge in [0.25, 0.3) is 0 Å². The van der Waals surface area contributed by atoms with Crippen LogP contribution in [0.25, 0.3) is 0 Å². The zero-order chi connectivity index (χ0) is 33.0. The standard InChI is InChI=1S/C34H49N3O7S/c1-21(2)11-16-26-33(6,44-26)30-29(42-7)24(17-18-34(30)20-43-34)36-31(41)37-28(40)19-45-23-14-12-22(13-15-23)35-27(39)10-8-9-25(38)32(3,4)5/h11-15,24,26,29-30H,8-10,16-20H2,1-7H3,(H,35,39)(H2,36,37,40,41)/t24-,26-,29-,30-,33-,34+/m1/s1. The lowest BCUT2D eigenvalue weighted by molar-refractivity contribution is -0.126. The first-order valence-corrected chi connectivity index (χ1v) is 16.8. The van der Waals surface area contributed by atoms with Crippen LogP contribution in [0, 0.1) is 11.3 Å². The fourth-order valence-corrected chi connectivity index (χ4v) is 7.00. The van der Waals surface area contributed by atoms with Crippen molar-refractivity contribution in [1.29, 1.82) is 0 Å². The van der Waals surface area contributed by atoms with E-state index >= 15 is 0 Å². The monoisotopic (exact) mass is 643 g/mol. The molecule has 1 aliphatic carbocycles. The number of Topliss-reactive ketones (excluding diaryl/α,β-unsaturated/α-hetero) is 1. The van der Waals surface area contributed by atoms with Crippen LogP contribution in [-0.4, -0.2) is 72.6 Å². The van der Waals surface area contributed by atoms with Gasteiger partial charge in [0, 0.05) is 41.9 Å². The first kappa shape index (κ1) is 35.1. The Morgan fingerprint density at radius 2 is 1.78 bits per heavy atom. The number of methoxy groups -OCH3 is 1. The molecular formula is C34H49N3O7S. The van der Waals surface area contributed by atoms with E-state index in [1.807, 2.05) is 32.9 Å². The summed E-state index contributed by atoms with van der Waals surface area (Å²) in [5.74, 6) is -0.409. The van der Waals surface area contributed by atoms with Gasteiger partial charge in [-0.25, -0.2) is 4.79 Å². The van der Waals surface area contributed by atoms with E-state index < -0.39 is 23.0 Å². The molecule has 248 valence electrons. The van der Waals surface area contributed by atoms with Crippen LogP contribution in [0.3, 0.4) is 0 Å². The predicted molar refractivity (Wildman–Crippen MR) is 174 cm³/mol. The Morgan fingerprint density at radius 1 is 1.09 bits per heavy atom. The zero-order valence-corrected chi connectivity index (χ0v) is 28.4. The SMILES string of the molecule is CO[C@@H]1[C@H](NC(=O)NC(=O)CSc2ccc(NC(=O)CCCC(=O)C(C)(C)C)cc2)CC[C@]2(CO2)[C@H]1[C@]1(C)O[C@@H]1CC=C(C)C. The molecule has 1 spiro atoms. The number of carbonyl (C=O) groups excluding carboxylic acids is 4. The summed E-state index contributed by atoms with van der Waals surface area (Å²) in [6.45, 7) is 12.5. The summed E-state index contributed by atoms with van der Waals surface area (Å²) in [5, 5.41) is 8.26. The van der Waals surface area contributed by atoms with Crippen molar-refractivity contribution in [2.24, 2.45) is 11.3 Å². The van der Waals surface area contributed by atoms with Crippen LogP contribution in [0.1, 0.15) is 80.1 Å². The fourth-order valence-electron chi connectivity index (χ4n) is 6.30. The molecule has 0 unspecified atom stereocenters. The van der Waals surface area contributed by atoms with Crippen molar-refractivity contribution in [1.82, 2.24) is 10.6 Å². The maximum atomic E-state index is 12.9. The highest BCUT2D eigenvalue weighted by Gasteiger charge is 2.71. The Hall–Kier alpha value is -2.73. The van der Waals surface area contributed by atoms with Crippen molar-refractivity contribution < 1.29 is 33.4 Å². The van der Waals surface area contributed by atoms with Crippen molar-refractivity contribution in [2.75, 3.05) is 24.8 Å². The summed E-state index contributed by atoms with van der Waals surface area (Å²) in [5.41, 5.74) is 0.792. The number of carbonyl (C=O) groups is 4. The summed E-state index contributed by atoms with van der Waals surface area (Å²) in [6.07, 6.45) is 5.38. The van der Waals surface area contributed by atoms with Gasteiger partial charge in [-0.05, 0) is 70.7 Å². The minimum absolute atomic E-state index is 0.0405. The number of imide groups is 1. The van der Waals surface area contributed by atoms with Crippen LogP contribution in [0.15, 0.2) is 40.8 Å². The summed E-state index contributed by atoms with van der Waals surface area (Å²) in [4.78, 5) is 50.6. The quantitative estimate of drug-likeness (QED) is 0.148. The number of amides is 4. The smallest absolute Gasteiger partial charge is 0.321 e. The van der Waals surface area contributed by atoms with Gasteiger partial charge in [0.15, 0.2) is 0 Å². The van der Waals surface area contributed by atoms with Crippen molar-refractivity contribution in [3.63, 3.8) is 0 Å². The third-order valence-electron chi connectivity index (χ3n) is 9.02. The molecule has 1 saturated carbocycles. The van der Waals surface area contributed by atoms with Crippen LogP contribution >= 0.6 is 11.8 Å². The molecule has 2 saturated heterocycles. The molecule has 2 heterocycles. The average molecular weight is 644 g/mol. The second kappa shape index (κ2) is 14.4. The topological polar surface area (TPSA) is 139 Å². The number of nitrogens with one attached hydrogen (secondary N) is 3. The molecule has 3 N–H and O–H groups in total. The number of benzene rings is 1. The first-order valence-electron chi connectivity index (χ1n) is 15.8. The minimum Gasteiger partial charge on any atom is -0.379 e. The molecular weight excluding hydrogens is 594 g/mol. The van der Waals surface area contributed by atoms with E-state index in [4.69, 9.17) is 14.2 Å². The molecule has 0 bridgehead atoms. The van der Waals surface area contributed by atoms with Crippen LogP contribution in [0.2, 0.25) is 0 Å². The minimum atomic E-state index is -0.552. The number of allylic oxidation sites excluding steroid dienone is 1. The molecule has 6 atom stereocenters. The second-order valence-corrected chi connectivity index (χ2v) is 14.9. The van der Waals surface area contributed by atoms with Gasteiger partial charge in [-0.15, -0.1) is 11.8 Å². The van der Waals surface area contributed by atoms with Gasteiger partial charge in [-0.1, -0.05) is 32.4 Å². The molecule has 4 rings (SSSR count). The van der Waals surface area contributed by atoms with Gasteiger partial charge >= 0.3 is 6.03 Å². The summed E-state index contributed by atoms with van der Waals surface area (Å²) in [7, 11) is 1.65. The number of anilines is 1. The molecule has 11 heteroatoms. The zero-order valence-electron chi connectivity index (χ0n) is 27.6. The largest absolute Gasteiger partial charge is 0.379 e. The third kappa shape index (κ3) is 9.18. The number of ether oxygens (including phenoxy) is 3. The van der Waals surface area contributed by atoms with Crippen molar-refractivity contribution >= 4 is 41.1 Å². The van der Waals surface area contributed by atoms with Gasteiger partial charge in [-0.3, -0.25) is 19.7 Å². The van der Waals surface area contributed by atoms with Crippen molar-refractivity contribution in [3.05, 3.63) is 35.9 Å². The molecule has 1 aromatic rings. The van der Waals surface area contributed by atoms with Gasteiger partial charge in [-0.2, -0.15) is 0 Å². The second-order valence-electron chi connectivity index (χ2n) is 13.9. The van der Waals surface area contributed by atoms with Gasteiger partial charge in [0.05, 0.1) is 36.2 Å². The number of ketones is 1. The van der Waals surface area contributed by atoms with Crippen LogP contribution in [0.5, 0.6) is 0 Å². The number of rotatable bonds is 13. The average Bonchev–Trinajstić information content (AvgIpc) is 3.88. The number of urea groups is 1. The number of thioether (sulfide) groups is 1. The van der Waals surface area contributed by atoms with E-state index in [1.54, 1.807) is 19.2 Å². The van der Waals surface area contributed by atoms with E-state index in [0.717, 1.165) is 17.7 Å². The van der Waals surface area contributed by atoms with Crippen LogP contribution < -0.4 is 16.0 Å². The Kier molecular flexibility index (Phi) is 11.2. The summed E-state index contributed by atoms with van der Waals surface area (Å²) >= 11 is 1.29. The highest BCUT2D eigenvalue weighted by Crippen LogP contribution is 2.59. The maximum absolute atomic E-state index is 12.9. The van der Waals surface area contributed by atoms with E-state index in [0.29, 0.717) is 31.6 Å². The predicted octanol–water partition coefficient (Wildman–Crippen LogP) is 5.40. The Bertz CT molecular complexity index is 1280. The Balaban J connectivity index is 1.21. The molecule has 3 aliphatic rings. The number of hydrogen-bond acceptors (Lipinski definition) is 8. The molecule has 3 fully saturated rings. The van der Waals surface area contributed by atoms with Gasteiger partial charge < -0.3 is 24.8 Å². The van der Waals surface area contributed by atoms with E-state index in [2.05, 4.69) is 42.8 Å². The third-order valence-corrected chi connectivity index (χ3v) is 10.0. The molecule has 0 radical (unpaired) electrons. The van der Waals surface area contributed by atoms with E-state index in [-0.39, 0.29) is 53.6 Å². The molecule has 10 nitrogen and oxygen atoms in total. The lowest BCUT2D eigenvalue weighted by atomic mass is 9.67. The highest BCUT2D eigenvalue weighted by molar-refractivity contribution is 8.00. The normalized spacial score (nSPS) is 28.6. The Morgan fingerprint density at radius 3 is 2.38 bits per heavy atom. The number of epoxide rings is 2. The Labute approximate surface area is 271 Å². The van der Waals surface area contributed by atoms with Crippen molar-refractivity contribution in [2.45, 2.75) is 114 Å².